The van der Waals surface area contributed by atoms with Crippen LogP contribution in [0.4, 0.5) is 0 Å². The van der Waals surface area contributed by atoms with Gasteiger partial charge in [-0.2, -0.15) is 0 Å². The molecule has 25 atom stereocenters. The minimum atomic E-state index is -2.37. The zero-order chi connectivity index (χ0) is 76.3. The molecule has 25 unspecified atom stereocenters. The van der Waals surface area contributed by atoms with Crippen molar-refractivity contribution in [3.8, 4) is 5.75 Å². The predicted molar refractivity (Wildman–Crippen MR) is 364 cm³/mol. The Morgan fingerprint density at radius 2 is 1.12 bits per heavy atom. The molecule has 6 aliphatic rings. The predicted octanol–water partition coefficient (Wildman–Crippen LogP) is -9.41. The van der Waals surface area contributed by atoms with Gasteiger partial charge in [-0.3, -0.25) is 39.2 Å². The fourth-order valence-corrected chi connectivity index (χ4v) is 13.8. The summed E-state index contributed by atoms with van der Waals surface area (Å²) in [6.07, 6.45) is -23.3. The Hall–Kier alpha value is -7.16. The number of nitrogens with two attached hydrogens (primary N) is 1. The van der Waals surface area contributed by atoms with Crippen LogP contribution in [0.2, 0.25) is 0 Å². The van der Waals surface area contributed by atoms with Crippen molar-refractivity contribution in [3.63, 3.8) is 0 Å². The molecule has 105 heavy (non-hydrogen) atoms. The van der Waals surface area contributed by atoms with Gasteiger partial charge < -0.3 is 153 Å². The highest BCUT2D eigenvalue weighted by Gasteiger charge is 2.56. The number of amides is 6. The van der Waals surface area contributed by atoms with Crippen molar-refractivity contribution in [2.24, 2.45) is 10.7 Å². The maximum absolute atomic E-state index is 15.4. The van der Waals surface area contributed by atoms with Crippen LogP contribution < -0.4 is 47.7 Å². The van der Waals surface area contributed by atoms with Gasteiger partial charge in [-0.05, 0) is 42.5 Å². The molecule has 0 aromatic heterocycles. The van der Waals surface area contributed by atoms with E-state index in [1.165, 1.54) is 29.2 Å². The van der Waals surface area contributed by atoms with Gasteiger partial charge in [0.15, 0.2) is 24.4 Å². The molecule has 0 spiro atoms. The average molecular weight is 1490 g/mol. The molecule has 38 heteroatoms. The Morgan fingerprint density at radius 1 is 0.571 bits per heavy atom. The summed E-state index contributed by atoms with van der Waals surface area (Å²) in [7, 11) is 0. The first-order valence-electron chi connectivity index (χ1n) is 35.5. The van der Waals surface area contributed by atoms with Crippen molar-refractivity contribution in [1.82, 2.24) is 47.0 Å². The van der Waals surface area contributed by atoms with Crippen LogP contribution in [0.15, 0.2) is 59.6 Å². The number of aliphatic imine (C=N–C) groups is 1. The molecule has 0 bridgehead atoms. The lowest BCUT2D eigenvalue weighted by molar-refractivity contribution is -0.352. The van der Waals surface area contributed by atoms with E-state index in [0.717, 1.165) is 56.3 Å². The minimum absolute atomic E-state index is 0.0733. The second-order valence-electron chi connectivity index (χ2n) is 27.1. The third-order valence-electron chi connectivity index (χ3n) is 19.8. The van der Waals surface area contributed by atoms with Gasteiger partial charge in [-0.15, -0.1) is 0 Å². The quantitative estimate of drug-likeness (QED) is 0.0323. The fourth-order valence-electron chi connectivity index (χ4n) is 13.8. The third-order valence-corrected chi connectivity index (χ3v) is 19.8. The number of guanidine groups is 2. The normalized spacial score (nSPS) is 34.2. The molecule has 38 nitrogen and oxygen atoms in total. The highest BCUT2D eigenvalue weighted by Crippen LogP contribution is 2.34. The van der Waals surface area contributed by atoms with Gasteiger partial charge in [-0.25, -0.2) is 0 Å². The number of unbranched alkanes of at least 4 members (excludes halogenated alkanes) is 9. The number of aliphatic hydroxyl groups is 15. The van der Waals surface area contributed by atoms with Crippen molar-refractivity contribution in [2.75, 3.05) is 59.2 Å². The van der Waals surface area contributed by atoms with E-state index in [4.69, 9.17) is 34.5 Å². The summed E-state index contributed by atoms with van der Waals surface area (Å²) in [5.74, 6) is -8.86. The Bertz CT molecular complexity index is 3170. The number of carbonyl (C=O) groups excluding carboxylic acids is 6. The van der Waals surface area contributed by atoms with Crippen LogP contribution in [0, 0.1) is 5.41 Å². The second kappa shape index (κ2) is 39.6. The molecule has 5 fully saturated rings. The van der Waals surface area contributed by atoms with E-state index < -0.39 is 233 Å². The van der Waals surface area contributed by atoms with E-state index in [1.807, 2.05) is 0 Å². The van der Waals surface area contributed by atoms with Gasteiger partial charge >= 0.3 is 0 Å². The maximum atomic E-state index is 15.4. The molecule has 0 aliphatic carbocycles. The van der Waals surface area contributed by atoms with Crippen LogP contribution in [-0.2, 0) is 54.1 Å². The molecule has 0 radical (unpaired) electrons. The molecular weight excluding hydrogens is 1390 g/mol. The van der Waals surface area contributed by atoms with Crippen LogP contribution in [-0.4, -0.2) is 340 Å². The number of aliphatic hydroxyl groups excluding tert-OH is 15. The number of hydrogen-bond donors (Lipinski definition) is 24. The molecule has 6 heterocycles. The first-order chi connectivity index (χ1) is 50.3. The van der Waals surface area contributed by atoms with Crippen LogP contribution in [0.1, 0.15) is 94.6 Å². The van der Waals surface area contributed by atoms with Crippen LogP contribution in [0.3, 0.4) is 0 Å². The lowest BCUT2D eigenvalue weighted by Gasteiger charge is -2.46. The van der Waals surface area contributed by atoms with Crippen molar-refractivity contribution in [1.29, 1.82) is 5.41 Å². The first-order valence-corrected chi connectivity index (χ1v) is 35.5. The lowest BCUT2D eigenvalue weighted by atomic mass is 9.88. The number of rotatable bonds is 30. The monoisotopic (exact) mass is 1490 g/mol. The van der Waals surface area contributed by atoms with Gasteiger partial charge in [0.2, 0.25) is 41.7 Å². The molecule has 6 aliphatic heterocycles. The lowest BCUT2D eigenvalue weighted by Crippen LogP contribution is -2.69. The summed E-state index contributed by atoms with van der Waals surface area (Å²) < 4.78 is 28.7. The Balaban J connectivity index is 1.12. The Kier molecular flexibility index (Phi) is 31.5. The van der Waals surface area contributed by atoms with E-state index in [1.54, 1.807) is 37.3 Å². The summed E-state index contributed by atoms with van der Waals surface area (Å²) in [5, 5.41) is 190. The molecule has 588 valence electrons. The number of carbonyl (C=O) groups is 6. The fraction of sp³-hybridized carbons (Fsp3) is 0.701. The first kappa shape index (κ1) is 83.5. The molecular formula is C67H104N12O26. The van der Waals surface area contributed by atoms with Crippen LogP contribution in [0.25, 0.3) is 0 Å². The number of hydrogen-bond acceptors (Lipinski definition) is 30. The molecule has 2 aromatic rings. The molecule has 5 saturated heterocycles. The van der Waals surface area contributed by atoms with Gasteiger partial charge in [0.25, 0.3) is 0 Å². The molecule has 8 rings (SSSR count). The number of benzene rings is 2. The van der Waals surface area contributed by atoms with Gasteiger partial charge in [0, 0.05) is 32.0 Å². The highest BCUT2D eigenvalue weighted by atomic mass is 16.7. The van der Waals surface area contributed by atoms with Crippen LogP contribution in [0.5, 0.6) is 5.75 Å². The third kappa shape index (κ3) is 21.0. The SMILES string of the molecule is CCC(c1ccccc1)C1NC(=O)CNC(=O)C(CO)NC(=O)C(C(O)C2CN(CCCCCCCCCCCCO)C(=N)N2C2OC(CO)C(O)C(O)C2O)NC(=O)C(C(O)C2CN=C(N)N2)NC(=O)C(Cc2ccc(OC3OC(CO)C(OC4OC(CO)C(O)C(O)C4O)C(O)C3O)cc2)NC1=O. The number of ether oxygens (including phenoxy) is 5. The zero-order valence-corrected chi connectivity index (χ0v) is 58.1. The van der Waals surface area contributed by atoms with Gasteiger partial charge in [0.05, 0.1) is 51.6 Å². The summed E-state index contributed by atoms with van der Waals surface area (Å²) in [5.41, 5.74) is 6.74. The molecule has 25 N–H and O–H groups in total. The van der Waals surface area contributed by atoms with E-state index in [0.29, 0.717) is 18.4 Å². The molecule has 6 amide bonds. The standard InChI is InChI=1S/C67H104N12O26/c1-2-35(33-16-12-11-13-17-33)44-60(98)72-36(24-32-18-20-34(21-19-32)101-64-56(95)53(92)57(42(31-84)104-64)105-65-55(94)52(91)50(89)41(30-83)103-65)59(97)76-45(47(86)37-25-71-66(68)74-37)62(100)77-46(61(99)73-38(28-81)58(96)70-26-43(85)75-44)48(87)39-27-78(22-14-9-7-5-3-4-6-8-10-15-23-80)67(69)79(39)63-54(93)51(90)49(88)40(29-82)102-63/h11-13,16-21,35-42,44-57,63-65,69,80-84,86-95H,2-10,14-15,22-31H2,1H3,(H,70,96)(H,72,98)(H,73,99)(H,75,85)(H,76,97)(H,77,100)(H3,68,71,74). The zero-order valence-electron chi connectivity index (χ0n) is 58.1. The van der Waals surface area contributed by atoms with E-state index in [2.05, 4.69) is 42.2 Å². The second-order valence-corrected chi connectivity index (χ2v) is 27.1. The summed E-state index contributed by atoms with van der Waals surface area (Å²) in [6.45, 7) is -3.43. The Morgan fingerprint density at radius 3 is 1.72 bits per heavy atom. The summed E-state index contributed by atoms with van der Waals surface area (Å²) >= 11 is 0. The smallest absolute Gasteiger partial charge is 0.246 e. The maximum Gasteiger partial charge on any atom is 0.246 e. The summed E-state index contributed by atoms with van der Waals surface area (Å²) in [4.78, 5) is 95.8. The van der Waals surface area contributed by atoms with E-state index in [9.17, 15) is 86.5 Å². The Labute approximate surface area is 604 Å². The van der Waals surface area contributed by atoms with Gasteiger partial charge in [0.1, 0.15) is 121 Å². The minimum Gasteiger partial charge on any atom is -0.462 e. The van der Waals surface area contributed by atoms with Gasteiger partial charge in [-0.1, -0.05) is 101 Å². The summed E-state index contributed by atoms with van der Waals surface area (Å²) in [6, 6.07) is 0.924. The number of nitrogens with zero attached hydrogens (tertiary/aromatic N) is 3. The average Bonchev–Trinajstić information content (AvgIpc) is 1.66. The van der Waals surface area contributed by atoms with Crippen molar-refractivity contribution >= 4 is 47.4 Å². The molecule has 0 saturated carbocycles. The highest BCUT2D eigenvalue weighted by molar-refractivity contribution is 5.98. The largest absolute Gasteiger partial charge is 0.462 e. The van der Waals surface area contributed by atoms with Crippen LogP contribution >= 0.6 is 0 Å². The van der Waals surface area contributed by atoms with Crippen molar-refractivity contribution in [2.45, 2.75) is 236 Å². The van der Waals surface area contributed by atoms with Crippen molar-refractivity contribution in [3.05, 3.63) is 65.7 Å². The van der Waals surface area contributed by atoms with E-state index >= 15 is 19.2 Å². The molecule has 2 aromatic carbocycles. The van der Waals surface area contributed by atoms with E-state index in [-0.39, 0.29) is 49.9 Å². The topological polar surface area (TPSA) is 605 Å². The van der Waals surface area contributed by atoms with Crippen molar-refractivity contribution < 1.29 is 129 Å². The number of nitrogens with one attached hydrogen (secondary N) is 8.